The van der Waals surface area contributed by atoms with E-state index in [1.165, 1.54) is 18.6 Å². The number of nitrogens with two attached hydrogens (primary N) is 1. The molecule has 0 saturated heterocycles. The third-order valence-corrected chi connectivity index (χ3v) is 2.87. The molecule has 7 nitrogen and oxygen atoms in total. The van der Waals surface area contributed by atoms with Crippen LogP contribution in [0.4, 0.5) is 11.8 Å². The lowest BCUT2D eigenvalue weighted by Gasteiger charge is -2.05. The summed E-state index contributed by atoms with van der Waals surface area (Å²) in [6, 6.07) is 12.5. The molecule has 2 aromatic heterocycles. The quantitative estimate of drug-likeness (QED) is 0.762. The lowest BCUT2D eigenvalue weighted by molar-refractivity contribution is 0.102. The molecule has 0 aliphatic carbocycles. The fraction of sp³-hybridized carbons (Fsp3) is 0. The van der Waals surface area contributed by atoms with E-state index in [0.717, 1.165) is 5.56 Å². The van der Waals surface area contributed by atoms with E-state index < -0.39 is 0 Å². The molecule has 108 valence electrons. The molecule has 3 N–H and O–H groups in total. The van der Waals surface area contributed by atoms with Crippen LogP contribution >= 0.6 is 0 Å². The van der Waals surface area contributed by atoms with Gasteiger partial charge in [0, 0.05) is 17.3 Å². The van der Waals surface area contributed by atoms with Gasteiger partial charge in [-0.25, -0.2) is 15.0 Å². The number of nitrogens with one attached hydrogen (secondary N) is 1. The topological polar surface area (TPSA) is 107 Å². The van der Waals surface area contributed by atoms with Crippen LogP contribution in [0.25, 0.3) is 11.4 Å². The third kappa shape index (κ3) is 3.04. The molecule has 0 saturated carbocycles. The largest absolute Gasteiger partial charge is 0.384 e. The molecule has 0 unspecified atom stereocenters. The van der Waals surface area contributed by atoms with Crippen molar-refractivity contribution in [2.45, 2.75) is 0 Å². The van der Waals surface area contributed by atoms with E-state index in [2.05, 4.69) is 25.3 Å². The third-order valence-electron chi connectivity index (χ3n) is 2.87. The number of aromatic nitrogens is 4. The molecule has 7 heteroatoms. The highest BCUT2D eigenvalue weighted by atomic mass is 16.1. The number of nitrogen functional groups attached to an aromatic ring is 1. The zero-order valence-corrected chi connectivity index (χ0v) is 11.5. The number of hydrogen-bond acceptors (Lipinski definition) is 6. The van der Waals surface area contributed by atoms with Gasteiger partial charge in [-0.3, -0.25) is 10.1 Å². The molecule has 2 heterocycles. The predicted octanol–water partition coefficient (Wildman–Crippen LogP) is 1.77. The number of pyridine rings is 1. The average molecular weight is 292 g/mol. The fourth-order valence-electron chi connectivity index (χ4n) is 1.85. The van der Waals surface area contributed by atoms with Gasteiger partial charge in [0.15, 0.2) is 5.82 Å². The minimum Gasteiger partial charge on any atom is -0.384 e. The molecule has 0 atom stereocenters. The maximum absolute atomic E-state index is 12.1. The Morgan fingerprint density at radius 2 is 1.86 bits per heavy atom. The number of benzene rings is 1. The van der Waals surface area contributed by atoms with Gasteiger partial charge >= 0.3 is 0 Å². The van der Waals surface area contributed by atoms with Gasteiger partial charge in [-0.2, -0.15) is 4.98 Å². The van der Waals surface area contributed by atoms with Gasteiger partial charge in [0.2, 0.25) is 5.95 Å². The number of nitrogens with zero attached hydrogens (tertiary/aromatic N) is 4. The molecule has 0 spiro atoms. The first-order valence-corrected chi connectivity index (χ1v) is 6.50. The molecule has 3 rings (SSSR count). The number of anilines is 2. The molecule has 0 radical (unpaired) electrons. The lowest BCUT2D eigenvalue weighted by atomic mass is 10.2. The maximum atomic E-state index is 12.1. The lowest BCUT2D eigenvalue weighted by Crippen LogP contribution is -2.15. The zero-order valence-electron chi connectivity index (χ0n) is 11.5. The number of carbonyl (C=O) groups excluding carboxylic acids is 1. The summed E-state index contributed by atoms with van der Waals surface area (Å²) < 4.78 is 0. The van der Waals surface area contributed by atoms with E-state index in [-0.39, 0.29) is 17.7 Å². The summed E-state index contributed by atoms with van der Waals surface area (Å²) in [6.45, 7) is 0. The van der Waals surface area contributed by atoms with Crippen molar-refractivity contribution in [2.75, 3.05) is 11.1 Å². The van der Waals surface area contributed by atoms with Crippen molar-refractivity contribution in [3.05, 3.63) is 60.6 Å². The Morgan fingerprint density at radius 1 is 1.05 bits per heavy atom. The summed E-state index contributed by atoms with van der Waals surface area (Å²) in [5.41, 5.74) is 6.78. The zero-order chi connectivity index (χ0) is 15.4. The molecule has 0 bridgehead atoms. The number of hydrogen-bond donors (Lipinski definition) is 2. The Morgan fingerprint density at radius 3 is 2.64 bits per heavy atom. The highest BCUT2D eigenvalue weighted by Crippen LogP contribution is 2.14. The van der Waals surface area contributed by atoms with E-state index in [1.807, 2.05) is 30.3 Å². The number of carbonyl (C=O) groups is 1. The second-order valence-electron chi connectivity index (χ2n) is 4.42. The minimum atomic E-state index is -0.362. The van der Waals surface area contributed by atoms with Crippen molar-refractivity contribution in [1.29, 1.82) is 0 Å². The summed E-state index contributed by atoms with van der Waals surface area (Å²) in [4.78, 5) is 28.2. The van der Waals surface area contributed by atoms with Crippen LogP contribution in [0.15, 0.2) is 55.0 Å². The Labute approximate surface area is 126 Å². The average Bonchev–Trinajstić information content (AvgIpc) is 2.56. The van der Waals surface area contributed by atoms with E-state index >= 15 is 0 Å². The summed E-state index contributed by atoms with van der Waals surface area (Å²) in [7, 11) is 0. The van der Waals surface area contributed by atoms with Crippen LogP contribution in [0, 0.1) is 0 Å². The number of amides is 1. The van der Waals surface area contributed by atoms with Crippen molar-refractivity contribution in [1.82, 2.24) is 19.9 Å². The summed E-state index contributed by atoms with van der Waals surface area (Å²) in [5.74, 6) is 0.571. The van der Waals surface area contributed by atoms with Gasteiger partial charge < -0.3 is 5.73 Å². The van der Waals surface area contributed by atoms with Crippen molar-refractivity contribution in [2.24, 2.45) is 0 Å². The van der Waals surface area contributed by atoms with Crippen LogP contribution in [0.5, 0.6) is 0 Å². The second kappa shape index (κ2) is 5.96. The smallest absolute Gasteiger partial charge is 0.258 e. The molecule has 0 aliphatic heterocycles. The molecule has 3 aromatic rings. The fourth-order valence-corrected chi connectivity index (χ4v) is 1.85. The van der Waals surface area contributed by atoms with Crippen LogP contribution in [-0.2, 0) is 0 Å². The van der Waals surface area contributed by atoms with Gasteiger partial charge in [0.25, 0.3) is 5.91 Å². The Balaban J connectivity index is 1.83. The first-order chi connectivity index (χ1) is 10.7. The standard InChI is InChI=1S/C15H12N6O/c16-12-8-11(6-7-17-12)14(22)21-15-19-9-18-13(20-15)10-4-2-1-3-5-10/h1-9H,(H2,16,17)(H,18,19,20,21,22). The van der Waals surface area contributed by atoms with Crippen molar-refractivity contribution in [3.63, 3.8) is 0 Å². The Hall–Kier alpha value is -3.35. The van der Waals surface area contributed by atoms with Gasteiger partial charge in [0.05, 0.1) is 0 Å². The van der Waals surface area contributed by atoms with Gasteiger partial charge in [0.1, 0.15) is 12.1 Å². The van der Waals surface area contributed by atoms with Crippen LogP contribution in [0.1, 0.15) is 10.4 Å². The van der Waals surface area contributed by atoms with E-state index in [9.17, 15) is 4.79 Å². The van der Waals surface area contributed by atoms with Gasteiger partial charge in [-0.05, 0) is 12.1 Å². The van der Waals surface area contributed by atoms with Crippen molar-refractivity contribution < 1.29 is 4.79 Å². The molecule has 1 amide bonds. The predicted molar refractivity (Wildman–Crippen MR) is 81.9 cm³/mol. The summed E-state index contributed by atoms with van der Waals surface area (Å²) >= 11 is 0. The van der Waals surface area contributed by atoms with Gasteiger partial charge in [-0.1, -0.05) is 30.3 Å². The monoisotopic (exact) mass is 292 g/mol. The van der Waals surface area contributed by atoms with Crippen LogP contribution in [-0.4, -0.2) is 25.8 Å². The molecule has 0 fully saturated rings. The van der Waals surface area contributed by atoms with Crippen LogP contribution in [0.3, 0.4) is 0 Å². The minimum absolute atomic E-state index is 0.175. The second-order valence-corrected chi connectivity index (χ2v) is 4.42. The Bertz CT molecular complexity index is 806. The van der Waals surface area contributed by atoms with Crippen LogP contribution < -0.4 is 11.1 Å². The maximum Gasteiger partial charge on any atom is 0.258 e. The first kappa shape index (κ1) is 13.6. The molecule has 22 heavy (non-hydrogen) atoms. The van der Waals surface area contributed by atoms with Crippen molar-refractivity contribution in [3.8, 4) is 11.4 Å². The SMILES string of the molecule is Nc1cc(C(=O)Nc2ncnc(-c3ccccc3)n2)ccn1. The molecular weight excluding hydrogens is 280 g/mol. The normalized spacial score (nSPS) is 10.2. The first-order valence-electron chi connectivity index (χ1n) is 6.50. The molecule has 0 aliphatic rings. The van der Waals surface area contributed by atoms with Gasteiger partial charge in [-0.15, -0.1) is 0 Å². The van der Waals surface area contributed by atoms with E-state index in [0.29, 0.717) is 11.4 Å². The molecule has 1 aromatic carbocycles. The summed E-state index contributed by atoms with van der Waals surface area (Å²) in [5, 5.41) is 2.61. The van der Waals surface area contributed by atoms with E-state index in [4.69, 9.17) is 5.73 Å². The van der Waals surface area contributed by atoms with Crippen molar-refractivity contribution >= 4 is 17.7 Å². The number of rotatable bonds is 3. The Kier molecular flexibility index (Phi) is 3.69. The van der Waals surface area contributed by atoms with E-state index in [1.54, 1.807) is 6.07 Å². The van der Waals surface area contributed by atoms with Crippen LogP contribution in [0.2, 0.25) is 0 Å². The summed E-state index contributed by atoms with van der Waals surface area (Å²) in [6.07, 6.45) is 2.82. The highest BCUT2D eigenvalue weighted by Gasteiger charge is 2.10. The highest BCUT2D eigenvalue weighted by molar-refractivity contribution is 6.03. The molecular formula is C15H12N6O.